The maximum absolute atomic E-state index is 11.8. The standard InChI is InChI=1S/C37H70N4O3/c1-26(10-7-11-27(2)35(43)44)30-12-13-31-34-32(15-17-37(30,31)4)36(3)16-14-29(24-28(36)25-33(34)42)41-23-9-22-40-20-6-5-19-39-21-8-18-38/h26-34,39-42H,5-25,38H2,1-4H3,(H,43,44)/t26-,27?,28-,29+,30-,31?,32?,33-,34?,36+,37-/m1/s1/i11D2,27D. The second-order valence-corrected chi connectivity index (χ2v) is 15.8. The summed E-state index contributed by atoms with van der Waals surface area (Å²) in [5, 5.41) is 32.2. The monoisotopic (exact) mass is 622 g/mol. The molecule has 0 amide bonds. The quantitative estimate of drug-likeness (QED) is 0.101. The SMILES string of the molecule is [2H]C([2H])(CC[C@@H](C)[C@H]1CCC2C3C(CC[C@@]21C)[C@@]1(C)CC[C@H](NCCCNCCCCNCCCN)C[C@@H]1C[C@H]3O)C([2H])(C)C(=O)O. The van der Waals surface area contributed by atoms with Crippen LogP contribution < -0.4 is 21.7 Å². The topological polar surface area (TPSA) is 120 Å². The van der Waals surface area contributed by atoms with Crippen molar-refractivity contribution >= 4 is 5.97 Å². The lowest BCUT2D eigenvalue weighted by Gasteiger charge is -2.62. The summed E-state index contributed by atoms with van der Waals surface area (Å²) in [5.74, 6) is -0.872. The number of nitrogens with one attached hydrogen (secondary N) is 3. The minimum absolute atomic E-state index is 0.0893. The summed E-state index contributed by atoms with van der Waals surface area (Å²) < 4.78 is 24.9. The predicted octanol–water partition coefficient (Wildman–Crippen LogP) is 5.80. The number of aliphatic carboxylic acids is 1. The Kier molecular flexibility index (Phi) is 12.2. The van der Waals surface area contributed by atoms with Gasteiger partial charge in [0.05, 0.1) is 12.0 Å². The lowest BCUT2D eigenvalue weighted by Crippen LogP contribution is -2.59. The van der Waals surface area contributed by atoms with Gasteiger partial charge in [0.25, 0.3) is 0 Å². The van der Waals surface area contributed by atoms with Gasteiger partial charge in [-0.1, -0.05) is 40.5 Å². The molecule has 4 aliphatic carbocycles. The molecule has 4 unspecified atom stereocenters. The summed E-state index contributed by atoms with van der Waals surface area (Å²) in [4.78, 5) is 11.6. The van der Waals surface area contributed by atoms with Gasteiger partial charge >= 0.3 is 5.97 Å². The number of rotatable bonds is 19. The molecular weight excluding hydrogens is 548 g/mol. The first-order chi connectivity index (χ1) is 22.2. The lowest BCUT2D eigenvalue weighted by atomic mass is 9.43. The van der Waals surface area contributed by atoms with Crippen molar-refractivity contribution in [3.05, 3.63) is 0 Å². The number of aliphatic hydroxyl groups is 1. The first-order valence-corrected chi connectivity index (χ1v) is 18.5. The van der Waals surface area contributed by atoms with Crippen LogP contribution in [0.5, 0.6) is 0 Å². The van der Waals surface area contributed by atoms with Gasteiger partial charge in [0.2, 0.25) is 0 Å². The summed E-state index contributed by atoms with van der Waals surface area (Å²) in [6.45, 7) is 14.4. The fraction of sp³-hybridized carbons (Fsp3) is 0.973. The average Bonchev–Trinajstić information content (AvgIpc) is 3.38. The smallest absolute Gasteiger partial charge is 0.306 e. The van der Waals surface area contributed by atoms with Gasteiger partial charge < -0.3 is 31.9 Å². The average molecular weight is 622 g/mol. The van der Waals surface area contributed by atoms with E-state index in [-0.39, 0.29) is 23.9 Å². The molecule has 0 bridgehead atoms. The van der Waals surface area contributed by atoms with Gasteiger partial charge in [-0.15, -0.1) is 0 Å². The van der Waals surface area contributed by atoms with Crippen LogP contribution in [0.15, 0.2) is 0 Å². The van der Waals surface area contributed by atoms with Crippen LogP contribution >= 0.6 is 0 Å². The van der Waals surface area contributed by atoms with E-state index < -0.39 is 18.2 Å². The highest BCUT2D eigenvalue weighted by Gasteiger charge is 2.62. The molecule has 44 heavy (non-hydrogen) atoms. The van der Waals surface area contributed by atoms with E-state index in [9.17, 15) is 15.0 Å². The van der Waals surface area contributed by atoms with Crippen molar-refractivity contribution in [3.8, 4) is 0 Å². The van der Waals surface area contributed by atoms with Gasteiger partial charge in [0.1, 0.15) is 0 Å². The molecule has 0 heterocycles. The molecule has 0 spiro atoms. The second kappa shape index (κ2) is 16.9. The number of carboxylic acid groups (broad SMARTS) is 1. The van der Waals surface area contributed by atoms with Crippen molar-refractivity contribution in [1.82, 2.24) is 16.0 Å². The minimum atomic E-state index is -2.15. The maximum Gasteiger partial charge on any atom is 0.306 e. The van der Waals surface area contributed by atoms with Crippen LogP contribution in [-0.4, -0.2) is 67.6 Å². The highest BCUT2D eigenvalue weighted by molar-refractivity contribution is 5.69. The Morgan fingerprint density at radius 2 is 1.57 bits per heavy atom. The van der Waals surface area contributed by atoms with Crippen molar-refractivity contribution in [2.75, 3.05) is 39.3 Å². The summed E-state index contributed by atoms with van der Waals surface area (Å²) in [6.07, 6.45) is 12.1. The lowest BCUT2D eigenvalue weighted by molar-refractivity contribution is -0.167. The molecule has 0 aliphatic heterocycles. The van der Waals surface area contributed by atoms with Crippen LogP contribution in [0.4, 0.5) is 0 Å². The molecule has 7 nitrogen and oxygen atoms in total. The van der Waals surface area contributed by atoms with Crippen LogP contribution in [0.25, 0.3) is 0 Å². The third-order valence-corrected chi connectivity index (χ3v) is 13.2. The van der Waals surface area contributed by atoms with Crippen LogP contribution in [-0.2, 0) is 4.79 Å². The molecule has 256 valence electrons. The van der Waals surface area contributed by atoms with Crippen molar-refractivity contribution in [3.63, 3.8) is 0 Å². The number of nitrogens with two attached hydrogens (primary N) is 1. The number of aliphatic hydroxyl groups excluding tert-OH is 1. The molecule has 4 aliphatic rings. The molecule has 0 aromatic carbocycles. The third-order valence-electron chi connectivity index (χ3n) is 13.2. The van der Waals surface area contributed by atoms with Gasteiger partial charge in [-0.25, -0.2) is 0 Å². The molecule has 0 aromatic heterocycles. The fourth-order valence-electron chi connectivity index (χ4n) is 10.6. The normalized spacial score (nSPS) is 40.0. The van der Waals surface area contributed by atoms with Gasteiger partial charge in [0, 0.05) is 10.2 Å². The van der Waals surface area contributed by atoms with Crippen molar-refractivity contribution < 1.29 is 19.1 Å². The van der Waals surface area contributed by atoms with Crippen molar-refractivity contribution in [2.45, 2.75) is 136 Å². The number of carboxylic acids is 1. The van der Waals surface area contributed by atoms with Crippen LogP contribution in [0.1, 0.15) is 128 Å². The number of hydrogen-bond acceptors (Lipinski definition) is 6. The zero-order valence-corrected chi connectivity index (χ0v) is 28.6. The third kappa shape index (κ3) is 8.59. The highest BCUT2D eigenvalue weighted by Crippen LogP contribution is 2.68. The van der Waals surface area contributed by atoms with Crippen molar-refractivity contribution in [2.24, 2.45) is 58.0 Å². The second-order valence-electron chi connectivity index (χ2n) is 15.8. The number of unbranched alkanes of at least 4 members (excludes halogenated alkanes) is 1. The zero-order chi connectivity index (χ0) is 34.5. The number of fused-ring (bicyclic) bond motifs is 5. The predicted molar refractivity (Wildman–Crippen MR) is 181 cm³/mol. The molecule has 4 rings (SSSR count). The largest absolute Gasteiger partial charge is 0.481 e. The van der Waals surface area contributed by atoms with Crippen LogP contribution in [0.2, 0.25) is 0 Å². The maximum atomic E-state index is 11.8. The van der Waals surface area contributed by atoms with Gasteiger partial charge in [-0.3, -0.25) is 4.79 Å². The number of hydrogen-bond donors (Lipinski definition) is 6. The Morgan fingerprint density at radius 1 is 0.909 bits per heavy atom. The Bertz CT molecular complexity index is 1000. The van der Waals surface area contributed by atoms with E-state index in [4.69, 9.17) is 9.85 Å². The van der Waals surface area contributed by atoms with E-state index in [0.717, 1.165) is 71.4 Å². The molecule has 7 heteroatoms. The summed E-state index contributed by atoms with van der Waals surface area (Å²) >= 11 is 0. The van der Waals surface area contributed by atoms with E-state index in [0.29, 0.717) is 47.5 Å². The summed E-state index contributed by atoms with van der Waals surface area (Å²) in [5.41, 5.74) is 5.95. The first kappa shape index (κ1) is 31.8. The van der Waals surface area contributed by atoms with E-state index in [1.807, 2.05) is 0 Å². The number of carbonyl (C=O) groups is 1. The molecule has 0 saturated heterocycles. The molecule has 11 atom stereocenters. The molecule has 4 saturated carbocycles. The van der Waals surface area contributed by atoms with Gasteiger partial charge in [-0.2, -0.15) is 0 Å². The van der Waals surface area contributed by atoms with E-state index in [2.05, 4.69) is 36.7 Å². The Balaban J connectivity index is 1.23. The van der Waals surface area contributed by atoms with Crippen LogP contribution in [0.3, 0.4) is 0 Å². The van der Waals surface area contributed by atoms with Gasteiger partial charge in [-0.05, 0) is 169 Å². The highest BCUT2D eigenvalue weighted by atomic mass is 16.4. The molecule has 4 fully saturated rings. The van der Waals surface area contributed by atoms with E-state index >= 15 is 0 Å². The Hall–Kier alpha value is -0.730. The first-order valence-electron chi connectivity index (χ1n) is 20.0. The Morgan fingerprint density at radius 3 is 2.27 bits per heavy atom. The van der Waals surface area contributed by atoms with E-state index in [1.165, 1.54) is 51.9 Å². The molecular formula is C37H70N4O3. The molecule has 7 N–H and O–H groups in total. The fourth-order valence-corrected chi connectivity index (χ4v) is 10.6. The summed E-state index contributed by atoms with van der Waals surface area (Å²) in [6, 6.07) is 0.551. The Labute approximate surface area is 274 Å². The van der Waals surface area contributed by atoms with Gasteiger partial charge in [0.15, 0.2) is 0 Å². The minimum Gasteiger partial charge on any atom is -0.481 e. The molecule has 0 radical (unpaired) electrons. The summed E-state index contributed by atoms with van der Waals surface area (Å²) in [7, 11) is 0. The molecule has 0 aromatic rings. The zero-order valence-electron chi connectivity index (χ0n) is 31.6. The van der Waals surface area contributed by atoms with E-state index in [1.54, 1.807) is 0 Å². The van der Waals surface area contributed by atoms with Crippen molar-refractivity contribution in [1.29, 1.82) is 0 Å². The van der Waals surface area contributed by atoms with Crippen LogP contribution in [0, 0.1) is 52.2 Å².